The number of nitrogens with one attached hydrogen (secondary N) is 1. The lowest BCUT2D eigenvalue weighted by molar-refractivity contribution is -0.113. The van der Waals surface area contributed by atoms with Crippen molar-refractivity contribution in [3.8, 4) is 0 Å². The van der Waals surface area contributed by atoms with Gasteiger partial charge in [-0.25, -0.2) is 0 Å². The van der Waals surface area contributed by atoms with E-state index < -0.39 is 5.91 Å². The van der Waals surface area contributed by atoms with Crippen LogP contribution in [0.5, 0.6) is 0 Å². The van der Waals surface area contributed by atoms with E-state index in [0.717, 1.165) is 5.70 Å². The molecule has 0 radical (unpaired) electrons. The van der Waals surface area contributed by atoms with Gasteiger partial charge < -0.3 is 11.1 Å². The second kappa shape index (κ2) is 4.18. The summed E-state index contributed by atoms with van der Waals surface area (Å²) in [5.74, 6) is -0.449. The molecule has 0 aromatic rings. The van der Waals surface area contributed by atoms with Gasteiger partial charge in [0.2, 0.25) is 5.91 Å². The highest BCUT2D eigenvalue weighted by Crippen LogP contribution is 1.96. The number of rotatable bonds is 2. The van der Waals surface area contributed by atoms with E-state index in [2.05, 4.69) is 5.32 Å². The minimum atomic E-state index is -0.449. The lowest BCUT2D eigenvalue weighted by atomic mass is 10.3. The predicted octanol–water partition coefficient (Wildman–Crippen LogP) is 0.585. The first kappa shape index (κ1) is 8.33. The minimum Gasteiger partial charge on any atom is -0.366 e. The molecule has 1 aliphatic heterocycles. The maximum absolute atomic E-state index is 10.4. The number of nitrogens with two attached hydrogens (primary N) is 1. The molecule has 0 atom stereocenters. The Labute approximate surface area is 70.9 Å². The number of hydrogen-bond acceptors (Lipinski definition) is 2. The third-order valence-corrected chi connectivity index (χ3v) is 1.27. The second-order valence-corrected chi connectivity index (χ2v) is 2.25. The molecule has 0 fully saturated rings. The first-order chi connectivity index (χ1) is 5.79. The van der Waals surface area contributed by atoms with Gasteiger partial charge in [0.15, 0.2) is 0 Å². The average molecular weight is 162 g/mol. The largest absolute Gasteiger partial charge is 0.366 e. The molecular weight excluding hydrogens is 152 g/mol. The average Bonchev–Trinajstić information content (AvgIpc) is 2.28. The molecule has 62 valence electrons. The van der Waals surface area contributed by atoms with Crippen molar-refractivity contribution in [2.24, 2.45) is 5.73 Å². The number of hydrogen-bond donors (Lipinski definition) is 2. The molecule has 12 heavy (non-hydrogen) atoms. The Morgan fingerprint density at radius 3 is 3.00 bits per heavy atom. The van der Waals surface area contributed by atoms with E-state index in [1.54, 1.807) is 12.3 Å². The van der Waals surface area contributed by atoms with E-state index >= 15 is 0 Å². The van der Waals surface area contributed by atoms with Gasteiger partial charge in [-0.2, -0.15) is 0 Å². The van der Waals surface area contributed by atoms with Crippen molar-refractivity contribution < 1.29 is 4.79 Å². The summed E-state index contributed by atoms with van der Waals surface area (Å²) in [5.41, 5.74) is 5.76. The number of primary amides is 1. The summed E-state index contributed by atoms with van der Waals surface area (Å²) < 4.78 is 0. The molecule has 3 N–H and O–H groups in total. The molecule has 1 rings (SSSR count). The van der Waals surface area contributed by atoms with Crippen molar-refractivity contribution in [3.63, 3.8) is 0 Å². The second-order valence-electron chi connectivity index (χ2n) is 2.25. The topological polar surface area (TPSA) is 55.1 Å². The monoisotopic (exact) mass is 162 g/mol. The molecule has 3 heteroatoms. The minimum absolute atomic E-state index is 0.449. The Balaban J connectivity index is 2.63. The summed E-state index contributed by atoms with van der Waals surface area (Å²) in [5, 5.41) is 2.96. The van der Waals surface area contributed by atoms with E-state index in [0.29, 0.717) is 0 Å². The summed E-state index contributed by atoms with van der Waals surface area (Å²) in [6.45, 7) is 0. The number of carbonyl (C=O) groups excluding carboxylic acids is 1. The van der Waals surface area contributed by atoms with E-state index in [1.165, 1.54) is 6.08 Å². The highest BCUT2D eigenvalue weighted by atomic mass is 16.1. The fraction of sp³-hybridized carbons (Fsp3) is 0. The van der Waals surface area contributed by atoms with Gasteiger partial charge in [-0.3, -0.25) is 4.79 Å². The molecule has 0 aliphatic carbocycles. The van der Waals surface area contributed by atoms with Crippen LogP contribution in [0.4, 0.5) is 0 Å². The molecule has 0 saturated carbocycles. The maximum Gasteiger partial charge on any atom is 0.241 e. The Hall–Kier alpha value is -1.77. The van der Waals surface area contributed by atoms with E-state index in [9.17, 15) is 4.79 Å². The van der Waals surface area contributed by atoms with Crippen LogP contribution in [0, 0.1) is 0 Å². The maximum atomic E-state index is 10.4. The zero-order valence-corrected chi connectivity index (χ0v) is 6.53. The van der Waals surface area contributed by atoms with Crippen molar-refractivity contribution in [2.45, 2.75) is 0 Å². The quantitative estimate of drug-likeness (QED) is 0.584. The van der Waals surface area contributed by atoms with Gasteiger partial charge in [0, 0.05) is 18.0 Å². The highest BCUT2D eigenvalue weighted by Gasteiger charge is 1.89. The molecule has 0 spiro atoms. The number of carbonyl (C=O) groups is 1. The Morgan fingerprint density at radius 2 is 2.25 bits per heavy atom. The molecule has 1 heterocycles. The van der Waals surface area contributed by atoms with Crippen LogP contribution >= 0.6 is 0 Å². The smallest absolute Gasteiger partial charge is 0.241 e. The van der Waals surface area contributed by atoms with Gasteiger partial charge in [-0.15, -0.1) is 0 Å². The van der Waals surface area contributed by atoms with Crippen LogP contribution in [0.3, 0.4) is 0 Å². The van der Waals surface area contributed by atoms with Crippen LogP contribution in [-0.2, 0) is 4.79 Å². The fourth-order valence-corrected chi connectivity index (χ4v) is 0.747. The summed E-state index contributed by atoms with van der Waals surface area (Å²) in [4.78, 5) is 10.4. The zero-order valence-electron chi connectivity index (χ0n) is 6.53. The number of allylic oxidation sites excluding steroid dienone is 5. The predicted molar refractivity (Wildman–Crippen MR) is 47.8 cm³/mol. The normalized spacial score (nSPS) is 15.5. The fourth-order valence-electron chi connectivity index (χ4n) is 0.747. The molecule has 1 aliphatic rings. The number of amides is 1. The van der Waals surface area contributed by atoms with Gasteiger partial charge in [-0.05, 0) is 18.2 Å². The van der Waals surface area contributed by atoms with Crippen molar-refractivity contribution >= 4 is 5.91 Å². The van der Waals surface area contributed by atoms with Crippen LogP contribution in [0.1, 0.15) is 0 Å². The molecule has 0 saturated heterocycles. The SMILES string of the molecule is NC(=O)C=CC1=CC=CC=CN1. The van der Waals surface area contributed by atoms with Crippen LogP contribution in [-0.4, -0.2) is 5.91 Å². The summed E-state index contributed by atoms with van der Waals surface area (Å²) >= 11 is 0. The van der Waals surface area contributed by atoms with Crippen LogP contribution in [0.2, 0.25) is 0 Å². The molecule has 0 aromatic carbocycles. The van der Waals surface area contributed by atoms with Crippen molar-refractivity contribution in [3.05, 3.63) is 48.4 Å². The summed E-state index contributed by atoms with van der Waals surface area (Å²) in [6, 6.07) is 0. The van der Waals surface area contributed by atoms with Crippen molar-refractivity contribution in [1.29, 1.82) is 0 Å². The Kier molecular flexibility index (Phi) is 2.90. The molecule has 0 unspecified atom stereocenters. The van der Waals surface area contributed by atoms with Gasteiger partial charge >= 0.3 is 0 Å². The summed E-state index contributed by atoms with van der Waals surface area (Å²) in [7, 11) is 0. The third kappa shape index (κ3) is 2.88. The van der Waals surface area contributed by atoms with E-state index in [4.69, 9.17) is 5.73 Å². The zero-order chi connectivity index (χ0) is 8.81. The van der Waals surface area contributed by atoms with Crippen LogP contribution < -0.4 is 11.1 Å². The van der Waals surface area contributed by atoms with E-state index in [1.807, 2.05) is 24.3 Å². The summed E-state index contributed by atoms with van der Waals surface area (Å²) in [6.07, 6.45) is 12.2. The third-order valence-electron chi connectivity index (χ3n) is 1.27. The molecule has 0 bridgehead atoms. The molecule has 0 aromatic heterocycles. The molecule has 1 amide bonds. The lowest BCUT2D eigenvalue weighted by Gasteiger charge is -1.96. The van der Waals surface area contributed by atoms with Crippen molar-refractivity contribution in [1.82, 2.24) is 5.32 Å². The van der Waals surface area contributed by atoms with Crippen molar-refractivity contribution in [2.75, 3.05) is 0 Å². The van der Waals surface area contributed by atoms with Crippen LogP contribution in [0.15, 0.2) is 48.4 Å². The Bertz CT molecular complexity index is 285. The van der Waals surface area contributed by atoms with Gasteiger partial charge in [0.25, 0.3) is 0 Å². The van der Waals surface area contributed by atoms with Gasteiger partial charge in [0.1, 0.15) is 0 Å². The molecular formula is C9H10N2O. The Morgan fingerprint density at radius 1 is 1.42 bits per heavy atom. The lowest BCUT2D eigenvalue weighted by Crippen LogP contribution is -2.07. The molecule has 3 nitrogen and oxygen atoms in total. The van der Waals surface area contributed by atoms with Crippen LogP contribution in [0.25, 0.3) is 0 Å². The first-order valence-corrected chi connectivity index (χ1v) is 3.56. The van der Waals surface area contributed by atoms with Gasteiger partial charge in [-0.1, -0.05) is 12.2 Å². The first-order valence-electron chi connectivity index (χ1n) is 3.56. The van der Waals surface area contributed by atoms with E-state index in [-0.39, 0.29) is 0 Å². The highest BCUT2D eigenvalue weighted by molar-refractivity contribution is 5.86. The van der Waals surface area contributed by atoms with Gasteiger partial charge in [0.05, 0.1) is 0 Å². The standard InChI is InChI=1S/C9H10N2O/c10-9(12)6-5-8-4-2-1-3-7-11-8/h1-7,11H,(H2,10,12).